The smallest absolute Gasteiger partial charge is 0.315 e. The zero-order valence-corrected chi connectivity index (χ0v) is 11.3. The Bertz CT molecular complexity index is 246. The first-order valence-electron chi connectivity index (χ1n) is 6.68. The number of amides is 2. The van der Waals surface area contributed by atoms with Crippen LogP contribution in [0.1, 0.15) is 52.9 Å². The molecule has 17 heavy (non-hydrogen) atoms. The number of rotatable bonds is 4. The average Bonchev–Trinajstić information content (AvgIpc) is 2.28. The van der Waals surface area contributed by atoms with Gasteiger partial charge in [-0.05, 0) is 25.7 Å². The third kappa shape index (κ3) is 4.94. The normalized spacial score (nSPS) is 21.0. The number of carbonyl (C=O) groups excluding carboxylic acids is 1. The maximum atomic E-state index is 11.6. The second kappa shape index (κ2) is 6.24. The molecule has 1 rings (SSSR count). The number of hydrogen-bond donors (Lipinski definition) is 3. The summed E-state index contributed by atoms with van der Waals surface area (Å²) in [4.78, 5) is 11.6. The Balaban J connectivity index is 2.25. The molecular weight excluding hydrogens is 216 g/mol. The van der Waals surface area contributed by atoms with Crippen molar-refractivity contribution in [2.24, 2.45) is 5.92 Å². The molecule has 1 aliphatic carbocycles. The SMILES string of the molecule is CC(C)C(C)(O)CNC(=O)NC1CCCCC1. The van der Waals surface area contributed by atoms with Crippen molar-refractivity contribution < 1.29 is 9.90 Å². The predicted octanol–water partition coefficient (Wildman–Crippen LogP) is 2.03. The van der Waals surface area contributed by atoms with Gasteiger partial charge in [-0.3, -0.25) is 0 Å². The Labute approximate surface area is 104 Å². The summed E-state index contributed by atoms with van der Waals surface area (Å²) in [5, 5.41) is 15.7. The maximum absolute atomic E-state index is 11.6. The van der Waals surface area contributed by atoms with E-state index in [0.29, 0.717) is 12.6 Å². The molecule has 2 amide bonds. The summed E-state index contributed by atoms with van der Waals surface area (Å²) in [5.41, 5.74) is -0.843. The van der Waals surface area contributed by atoms with Gasteiger partial charge < -0.3 is 15.7 Å². The number of urea groups is 1. The van der Waals surface area contributed by atoms with E-state index in [2.05, 4.69) is 10.6 Å². The first kappa shape index (κ1) is 14.3. The second-order valence-electron chi connectivity index (χ2n) is 5.67. The van der Waals surface area contributed by atoms with Crippen molar-refractivity contribution in [2.75, 3.05) is 6.54 Å². The van der Waals surface area contributed by atoms with Gasteiger partial charge in [0.15, 0.2) is 0 Å². The highest BCUT2D eigenvalue weighted by Crippen LogP contribution is 2.17. The lowest BCUT2D eigenvalue weighted by Crippen LogP contribution is -2.49. The molecule has 0 bridgehead atoms. The molecule has 0 aromatic rings. The molecule has 1 atom stereocenters. The van der Waals surface area contributed by atoms with Crippen molar-refractivity contribution in [1.29, 1.82) is 0 Å². The van der Waals surface area contributed by atoms with E-state index in [9.17, 15) is 9.90 Å². The second-order valence-corrected chi connectivity index (χ2v) is 5.67. The van der Waals surface area contributed by atoms with Gasteiger partial charge >= 0.3 is 6.03 Å². The highest BCUT2D eigenvalue weighted by Gasteiger charge is 2.25. The monoisotopic (exact) mass is 242 g/mol. The number of carbonyl (C=O) groups is 1. The minimum atomic E-state index is -0.843. The fraction of sp³-hybridized carbons (Fsp3) is 0.923. The third-order valence-electron chi connectivity index (χ3n) is 3.79. The van der Waals surface area contributed by atoms with E-state index in [1.54, 1.807) is 6.92 Å². The lowest BCUT2D eigenvalue weighted by molar-refractivity contribution is 0.0165. The van der Waals surface area contributed by atoms with Gasteiger partial charge in [0.1, 0.15) is 0 Å². The first-order chi connectivity index (χ1) is 7.92. The van der Waals surface area contributed by atoms with E-state index < -0.39 is 5.60 Å². The molecule has 0 heterocycles. The predicted molar refractivity (Wildman–Crippen MR) is 68.9 cm³/mol. The highest BCUT2D eigenvalue weighted by molar-refractivity contribution is 5.74. The lowest BCUT2D eigenvalue weighted by Gasteiger charge is -2.29. The minimum Gasteiger partial charge on any atom is -0.388 e. The van der Waals surface area contributed by atoms with Crippen LogP contribution in [0.25, 0.3) is 0 Å². The summed E-state index contributed by atoms with van der Waals surface area (Å²) in [7, 11) is 0. The van der Waals surface area contributed by atoms with Crippen LogP contribution in [0.4, 0.5) is 4.79 Å². The standard InChI is InChI=1S/C13H26N2O2/c1-10(2)13(3,17)9-14-12(16)15-11-7-5-4-6-8-11/h10-11,17H,4-9H2,1-3H3,(H2,14,15,16). The molecule has 3 N–H and O–H groups in total. The summed E-state index contributed by atoms with van der Waals surface area (Å²) < 4.78 is 0. The number of hydrogen-bond acceptors (Lipinski definition) is 2. The first-order valence-corrected chi connectivity index (χ1v) is 6.68. The van der Waals surface area contributed by atoms with Crippen LogP contribution in [0.3, 0.4) is 0 Å². The summed E-state index contributed by atoms with van der Waals surface area (Å²) in [6.45, 7) is 5.93. The van der Waals surface area contributed by atoms with Crippen LogP contribution >= 0.6 is 0 Å². The molecule has 1 unspecified atom stereocenters. The minimum absolute atomic E-state index is 0.123. The van der Waals surface area contributed by atoms with Crippen molar-refractivity contribution in [3.8, 4) is 0 Å². The van der Waals surface area contributed by atoms with Crippen molar-refractivity contribution in [1.82, 2.24) is 10.6 Å². The van der Waals surface area contributed by atoms with Gasteiger partial charge in [-0.15, -0.1) is 0 Å². The van der Waals surface area contributed by atoms with Gasteiger partial charge in [0.25, 0.3) is 0 Å². The number of aliphatic hydroxyl groups is 1. The van der Waals surface area contributed by atoms with Crippen molar-refractivity contribution in [3.05, 3.63) is 0 Å². The zero-order valence-electron chi connectivity index (χ0n) is 11.3. The molecule has 1 saturated carbocycles. The van der Waals surface area contributed by atoms with Gasteiger partial charge in [-0.1, -0.05) is 33.1 Å². The lowest BCUT2D eigenvalue weighted by atomic mass is 9.92. The molecule has 4 nitrogen and oxygen atoms in total. The van der Waals surface area contributed by atoms with Gasteiger partial charge in [0.2, 0.25) is 0 Å². The van der Waals surface area contributed by atoms with Crippen molar-refractivity contribution in [3.63, 3.8) is 0 Å². The number of nitrogens with one attached hydrogen (secondary N) is 2. The van der Waals surface area contributed by atoms with E-state index in [1.165, 1.54) is 19.3 Å². The van der Waals surface area contributed by atoms with Crippen LogP contribution in [0, 0.1) is 5.92 Å². The Hall–Kier alpha value is -0.770. The summed E-state index contributed by atoms with van der Waals surface area (Å²) >= 11 is 0. The molecule has 0 aromatic heterocycles. The van der Waals surface area contributed by atoms with Crippen LogP contribution in [-0.2, 0) is 0 Å². The molecule has 0 spiro atoms. The zero-order chi connectivity index (χ0) is 12.9. The molecule has 1 aliphatic rings. The fourth-order valence-electron chi connectivity index (χ4n) is 1.95. The fourth-order valence-corrected chi connectivity index (χ4v) is 1.95. The van der Waals surface area contributed by atoms with E-state index >= 15 is 0 Å². The van der Waals surface area contributed by atoms with Crippen LogP contribution in [0.5, 0.6) is 0 Å². The van der Waals surface area contributed by atoms with Crippen LogP contribution in [-0.4, -0.2) is 29.3 Å². The summed E-state index contributed by atoms with van der Waals surface area (Å²) in [6.07, 6.45) is 5.84. The van der Waals surface area contributed by atoms with Crippen molar-refractivity contribution in [2.45, 2.75) is 64.5 Å². The van der Waals surface area contributed by atoms with E-state index in [4.69, 9.17) is 0 Å². The average molecular weight is 242 g/mol. The molecule has 4 heteroatoms. The Morgan fingerprint density at radius 2 is 1.94 bits per heavy atom. The molecule has 0 aliphatic heterocycles. The highest BCUT2D eigenvalue weighted by atomic mass is 16.3. The molecule has 0 aromatic carbocycles. The van der Waals surface area contributed by atoms with Crippen molar-refractivity contribution >= 4 is 6.03 Å². The largest absolute Gasteiger partial charge is 0.388 e. The molecule has 1 fully saturated rings. The van der Waals surface area contributed by atoms with Crippen LogP contribution < -0.4 is 10.6 Å². The Morgan fingerprint density at radius 3 is 2.47 bits per heavy atom. The van der Waals surface area contributed by atoms with Gasteiger partial charge in [-0.2, -0.15) is 0 Å². The van der Waals surface area contributed by atoms with Crippen LogP contribution in [0.15, 0.2) is 0 Å². The molecular formula is C13H26N2O2. The Morgan fingerprint density at radius 1 is 1.35 bits per heavy atom. The van der Waals surface area contributed by atoms with Crippen LogP contribution in [0.2, 0.25) is 0 Å². The summed E-state index contributed by atoms with van der Waals surface area (Å²) in [5.74, 6) is 0.123. The summed E-state index contributed by atoms with van der Waals surface area (Å²) in [6, 6.07) is 0.158. The van der Waals surface area contributed by atoms with Gasteiger partial charge in [-0.25, -0.2) is 4.79 Å². The quantitative estimate of drug-likeness (QED) is 0.706. The maximum Gasteiger partial charge on any atom is 0.315 e. The topological polar surface area (TPSA) is 61.4 Å². The van der Waals surface area contributed by atoms with E-state index in [0.717, 1.165) is 12.8 Å². The Kier molecular flexibility index (Phi) is 5.25. The van der Waals surface area contributed by atoms with E-state index in [-0.39, 0.29) is 11.9 Å². The molecule has 100 valence electrons. The molecule has 0 saturated heterocycles. The van der Waals surface area contributed by atoms with Gasteiger partial charge in [0, 0.05) is 12.6 Å². The third-order valence-corrected chi connectivity index (χ3v) is 3.79. The van der Waals surface area contributed by atoms with E-state index in [1.807, 2.05) is 13.8 Å². The molecule has 0 radical (unpaired) electrons. The van der Waals surface area contributed by atoms with Gasteiger partial charge in [0.05, 0.1) is 5.60 Å².